The van der Waals surface area contributed by atoms with Gasteiger partial charge < -0.3 is 24.4 Å². The van der Waals surface area contributed by atoms with Crippen LogP contribution in [0.3, 0.4) is 0 Å². The predicted octanol–water partition coefficient (Wildman–Crippen LogP) is 0.986. The quantitative estimate of drug-likeness (QED) is 0.479. The molecule has 0 fully saturated rings. The SMILES string of the molecule is CCNCCOCCOCCOCCN(C)C(C)C. The third-order valence-corrected chi connectivity index (χ3v) is 2.89. The van der Waals surface area contributed by atoms with E-state index in [1.165, 1.54) is 0 Å². The monoisotopic (exact) mass is 276 g/mol. The van der Waals surface area contributed by atoms with Crippen LogP contribution in [-0.4, -0.2) is 77.3 Å². The number of nitrogens with one attached hydrogen (secondary N) is 1. The fraction of sp³-hybridized carbons (Fsp3) is 1.00. The normalized spacial score (nSPS) is 11.7. The van der Waals surface area contributed by atoms with Crippen molar-refractivity contribution in [3.8, 4) is 0 Å². The minimum atomic E-state index is 0.569. The van der Waals surface area contributed by atoms with E-state index < -0.39 is 0 Å². The Morgan fingerprint density at radius 3 is 1.95 bits per heavy atom. The first-order chi connectivity index (χ1) is 9.18. The second-order valence-electron chi connectivity index (χ2n) is 4.77. The maximum absolute atomic E-state index is 5.50. The van der Waals surface area contributed by atoms with Crippen molar-refractivity contribution in [1.29, 1.82) is 0 Å². The summed E-state index contributed by atoms with van der Waals surface area (Å²) in [5.74, 6) is 0. The van der Waals surface area contributed by atoms with Crippen molar-refractivity contribution >= 4 is 0 Å². The number of hydrogen-bond acceptors (Lipinski definition) is 5. The number of rotatable bonds is 14. The fourth-order valence-electron chi connectivity index (χ4n) is 1.33. The number of ether oxygens (including phenoxy) is 3. The first-order valence-electron chi connectivity index (χ1n) is 7.32. The molecule has 0 aliphatic rings. The Morgan fingerprint density at radius 2 is 1.42 bits per heavy atom. The summed E-state index contributed by atoms with van der Waals surface area (Å²) in [6.45, 7) is 13.4. The zero-order chi connectivity index (χ0) is 14.3. The molecule has 5 nitrogen and oxygen atoms in total. The number of nitrogens with zero attached hydrogens (tertiary/aromatic N) is 1. The lowest BCUT2D eigenvalue weighted by molar-refractivity contribution is 0.0111. The van der Waals surface area contributed by atoms with Crippen molar-refractivity contribution in [2.24, 2.45) is 0 Å². The van der Waals surface area contributed by atoms with Crippen molar-refractivity contribution in [3.63, 3.8) is 0 Å². The summed E-state index contributed by atoms with van der Waals surface area (Å²) in [6, 6.07) is 0.569. The molecule has 0 aromatic carbocycles. The van der Waals surface area contributed by atoms with E-state index in [0.717, 1.165) is 32.8 Å². The van der Waals surface area contributed by atoms with E-state index in [2.05, 4.69) is 38.0 Å². The summed E-state index contributed by atoms with van der Waals surface area (Å²) in [7, 11) is 2.11. The van der Waals surface area contributed by atoms with Crippen LogP contribution < -0.4 is 5.32 Å². The summed E-state index contributed by atoms with van der Waals surface area (Å²) in [5, 5.41) is 3.20. The summed E-state index contributed by atoms with van der Waals surface area (Å²) >= 11 is 0. The Balaban J connectivity index is 3.03. The first-order valence-corrected chi connectivity index (χ1v) is 7.32. The van der Waals surface area contributed by atoms with Crippen LogP contribution in [0, 0.1) is 0 Å². The molecule has 0 saturated carbocycles. The highest BCUT2D eigenvalue weighted by atomic mass is 16.5. The summed E-state index contributed by atoms with van der Waals surface area (Å²) in [4.78, 5) is 2.26. The van der Waals surface area contributed by atoms with Crippen LogP contribution >= 0.6 is 0 Å². The van der Waals surface area contributed by atoms with Gasteiger partial charge in [-0.25, -0.2) is 0 Å². The van der Waals surface area contributed by atoms with Gasteiger partial charge in [-0.05, 0) is 27.4 Å². The summed E-state index contributed by atoms with van der Waals surface area (Å²) < 4.78 is 16.3. The van der Waals surface area contributed by atoms with Crippen LogP contribution in [-0.2, 0) is 14.2 Å². The molecule has 0 rings (SSSR count). The molecule has 0 aliphatic heterocycles. The van der Waals surface area contributed by atoms with Crippen LogP contribution in [0.4, 0.5) is 0 Å². The molecule has 0 amide bonds. The minimum absolute atomic E-state index is 0.569. The molecule has 0 spiro atoms. The van der Waals surface area contributed by atoms with Crippen LogP contribution in [0.25, 0.3) is 0 Å². The van der Waals surface area contributed by atoms with Crippen LogP contribution in [0.5, 0.6) is 0 Å². The Labute approximate surface area is 118 Å². The average Bonchev–Trinajstić information content (AvgIpc) is 2.39. The molecule has 0 heterocycles. The molecule has 0 aromatic heterocycles. The van der Waals surface area contributed by atoms with E-state index in [4.69, 9.17) is 14.2 Å². The third-order valence-electron chi connectivity index (χ3n) is 2.89. The van der Waals surface area contributed by atoms with E-state index >= 15 is 0 Å². The van der Waals surface area contributed by atoms with Gasteiger partial charge in [0.25, 0.3) is 0 Å². The number of hydrogen-bond donors (Lipinski definition) is 1. The van der Waals surface area contributed by atoms with Crippen molar-refractivity contribution in [2.75, 3.05) is 66.3 Å². The van der Waals surface area contributed by atoms with Crippen molar-refractivity contribution < 1.29 is 14.2 Å². The second kappa shape index (κ2) is 14.2. The van der Waals surface area contributed by atoms with Crippen LogP contribution in [0.1, 0.15) is 20.8 Å². The fourth-order valence-corrected chi connectivity index (χ4v) is 1.33. The molecular weight excluding hydrogens is 244 g/mol. The van der Waals surface area contributed by atoms with Gasteiger partial charge >= 0.3 is 0 Å². The molecule has 0 bridgehead atoms. The van der Waals surface area contributed by atoms with Crippen molar-refractivity contribution in [2.45, 2.75) is 26.8 Å². The molecular formula is C14H32N2O3. The van der Waals surface area contributed by atoms with Gasteiger partial charge in [0.05, 0.1) is 39.6 Å². The van der Waals surface area contributed by atoms with Gasteiger partial charge in [0.15, 0.2) is 0 Å². The standard InChI is InChI=1S/C14H32N2O3/c1-5-15-6-8-17-10-12-19-13-11-18-9-7-16(4)14(2)3/h14-15H,5-13H2,1-4H3. The molecule has 1 N–H and O–H groups in total. The lowest BCUT2D eigenvalue weighted by Gasteiger charge is -2.20. The topological polar surface area (TPSA) is 43.0 Å². The Kier molecular flexibility index (Phi) is 14.1. The predicted molar refractivity (Wildman–Crippen MR) is 78.8 cm³/mol. The largest absolute Gasteiger partial charge is 0.378 e. The van der Waals surface area contributed by atoms with E-state index in [0.29, 0.717) is 32.5 Å². The molecule has 0 saturated heterocycles. The molecule has 0 unspecified atom stereocenters. The number of likely N-dealkylation sites (N-methyl/N-ethyl adjacent to an activating group) is 2. The maximum atomic E-state index is 5.50. The molecule has 19 heavy (non-hydrogen) atoms. The molecule has 0 atom stereocenters. The Morgan fingerprint density at radius 1 is 0.895 bits per heavy atom. The van der Waals surface area contributed by atoms with Crippen LogP contribution in [0.2, 0.25) is 0 Å². The van der Waals surface area contributed by atoms with Gasteiger partial charge in [-0.3, -0.25) is 0 Å². The average molecular weight is 276 g/mol. The molecule has 116 valence electrons. The lowest BCUT2D eigenvalue weighted by Crippen LogP contribution is -2.30. The highest BCUT2D eigenvalue weighted by molar-refractivity contribution is 4.55. The van der Waals surface area contributed by atoms with Crippen LogP contribution in [0.15, 0.2) is 0 Å². The summed E-state index contributed by atoms with van der Waals surface area (Å²) in [5.41, 5.74) is 0. The Bertz CT molecular complexity index is 180. The highest BCUT2D eigenvalue weighted by Crippen LogP contribution is 1.92. The summed E-state index contributed by atoms with van der Waals surface area (Å²) in [6.07, 6.45) is 0. The van der Waals surface area contributed by atoms with Crippen molar-refractivity contribution in [1.82, 2.24) is 10.2 Å². The van der Waals surface area contributed by atoms with E-state index in [1.54, 1.807) is 0 Å². The van der Waals surface area contributed by atoms with E-state index in [9.17, 15) is 0 Å². The van der Waals surface area contributed by atoms with Gasteiger partial charge in [0.1, 0.15) is 0 Å². The van der Waals surface area contributed by atoms with E-state index in [1.807, 2.05) is 0 Å². The molecule has 5 heteroatoms. The Hall–Kier alpha value is -0.200. The molecule has 0 aliphatic carbocycles. The lowest BCUT2D eigenvalue weighted by atomic mass is 10.3. The van der Waals surface area contributed by atoms with Crippen molar-refractivity contribution in [3.05, 3.63) is 0 Å². The molecule has 0 aromatic rings. The third kappa shape index (κ3) is 14.0. The maximum Gasteiger partial charge on any atom is 0.0701 e. The smallest absolute Gasteiger partial charge is 0.0701 e. The second-order valence-corrected chi connectivity index (χ2v) is 4.77. The highest BCUT2D eigenvalue weighted by Gasteiger charge is 2.01. The zero-order valence-corrected chi connectivity index (χ0v) is 13.1. The van der Waals surface area contributed by atoms with Gasteiger partial charge in [0.2, 0.25) is 0 Å². The first kappa shape index (κ1) is 18.8. The molecule has 0 radical (unpaired) electrons. The van der Waals surface area contributed by atoms with Gasteiger partial charge in [-0.2, -0.15) is 0 Å². The van der Waals surface area contributed by atoms with Gasteiger partial charge in [0, 0.05) is 19.1 Å². The zero-order valence-electron chi connectivity index (χ0n) is 13.1. The van der Waals surface area contributed by atoms with Gasteiger partial charge in [-0.1, -0.05) is 6.92 Å². The van der Waals surface area contributed by atoms with Gasteiger partial charge in [-0.15, -0.1) is 0 Å². The minimum Gasteiger partial charge on any atom is -0.378 e. The van der Waals surface area contributed by atoms with E-state index in [-0.39, 0.29) is 0 Å².